The summed E-state index contributed by atoms with van der Waals surface area (Å²) in [4.78, 5) is 25.4. The predicted molar refractivity (Wildman–Crippen MR) is 72.9 cm³/mol. The molecule has 0 bridgehead atoms. The third-order valence-electron chi connectivity index (χ3n) is 3.40. The molecule has 0 aliphatic carbocycles. The molecule has 5 nitrogen and oxygen atoms in total. The van der Waals surface area contributed by atoms with Crippen LogP contribution in [0.4, 0.5) is 5.69 Å². The average molecular weight is 272 g/mol. The topological polar surface area (TPSA) is 70.4 Å². The fourth-order valence-corrected chi connectivity index (χ4v) is 2.39. The van der Waals surface area contributed by atoms with E-state index in [2.05, 4.69) is 0 Å². The summed E-state index contributed by atoms with van der Waals surface area (Å²) >= 11 is 0. The Balaban J connectivity index is 2.13. The SMILES string of the molecule is CCc1ccccc1N1C[C@@H](C(=O)OCC#N)CC1=O. The van der Waals surface area contributed by atoms with Gasteiger partial charge in [0, 0.05) is 18.7 Å². The second kappa shape index (κ2) is 6.20. The summed E-state index contributed by atoms with van der Waals surface area (Å²) in [6.45, 7) is 2.08. The molecule has 1 atom stereocenters. The Morgan fingerprint density at radius 2 is 2.25 bits per heavy atom. The van der Waals surface area contributed by atoms with E-state index in [-0.39, 0.29) is 18.9 Å². The molecule has 1 heterocycles. The standard InChI is InChI=1S/C15H16N2O3/c1-2-11-5-3-4-6-13(11)17-10-12(9-14(17)18)15(19)20-8-7-16/h3-6,12H,2,8-10H2,1H3/t12-/m0/s1. The van der Waals surface area contributed by atoms with Gasteiger partial charge in [-0.3, -0.25) is 9.59 Å². The van der Waals surface area contributed by atoms with Gasteiger partial charge in [0.05, 0.1) is 5.92 Å². The highest BCUT2D eigenvalue weighted by molar-refractivity contribution is 6.00. The normalized spacial score (nSPS) is 17.9. The van der Waals surface area contributed by atoms with Crippen LogP contribution in [0, 0.1) is 17.2 Å². The summed E-state index contributed by atoms with van der Waals surface area (Å²) in [5.74, 6) is -1.04. The molecule has 0 saturated carbocycles. The number of anilines is 1. The molecule has 104 valence electrons. The molecule has 0 radical (unpaired) electrons. The summed E-state index contributed by atoms with van der Waals surface area (Å²) in [6, 6.07) is 9.43. The van der Waals surface area contributed by atoms with E-state index >= 15 is 0 Å². The van der Waals surface area contributed by atoms with Crippen LogP contribution in [-0.2, 0) is 20.7 Å². The Hall–Kier alpha value is -2.35. The van der Waals surface area contributed by atoms with Gasteiger partial charge in [-0.25, -0.2) is 0 Å². The van der Waals surface area contributed by atoms with Crippen LogP contribution in [0.2, 0.25) is 0 Å². The molecular weight excluding hydrogens is 256 g/mol. The lowest BCUT2D eigenvalue weighted by atomic mass is 10.1. The van der Waals surface area contributed by atoms with E-state index in [1.807, 2.05) is 31.2 Å². The third kappa shape index (κ3) is 2.80. The predicted octanol–water partition coefficient (Wildman–Crippen LogP) is 1.67. The number of carbonyl (C=O) groups excluding carboxylic acids is 2. The first-order chi connectivity index (χ1) is 9.67. The fraction of sp³-hybridized carbons (Fsp3) is 0.400. The van der Waals surface area contributed by atoms with Gasteiger partial charge in [0.15, 0.2) is 6.61 Å². The van der Waals surface area contributed by atoms with E-state index in [4.69, 9.17) is 10.00 Å². The molecule has 5 heteroatoms. The van der Waals surface area contributed by atoms with Gasteiger partial charge in [-0.1, -0.05) is 25.1 Å². The molecule has 0 unspecified atom stereocenters. The van der Waals surface area contributed by atoms with E-state index in [0.29, 0.717) is 6.54 Å². The lowest BCUT2D eigenvalue weighted by molar-refractivity contribution is -0.146. The Labute approximate surface area is 117 Å². The molecule has 20 heavy (non-hydrogen) atoms. The first kappa shape index (κ1) is 14.1. The third-order valence-corrected chi connectivity index (χ3v) is 3.40. The highest BCUT2D eigenvalue weighted by Gasteiger charge is 2.36. The Morgan fingerprint density at radius 3 is 2.95 bits per heavy atom. The zero-order valence-electron chi connectivity index (χ0n) is 11.3. The lowest BCUT2D eigenvalue weighted by Gasteiger charge is -2.19. The maximum absolute atomic E-state index is 12.1. The van der Waals surface area contributed by atoms with Crippen LogP contribution in [0.3, 0.4) is 0 Å². The van der Waals surface area contributed by atoms with Gasteiger partial charge < -0.3 is 9.64 Å². The zero-order valence-corrected chi connectivity index (χ0v) is 11.3. The van der Waals surface area contributed by atoms with Crippen LogP contribution >= 0.6 is 0 Å². The largest absolute Gasteiger partial charge is 0.450 e. The van der Waals surface area contributed by atoms with E-state index in [0.717, 1.165) is 17.7 Å². The molecule has 1 aromatic rings. The first-order valence-electron chi connectivity index (χ1n) is 6.59. The molecule has 1 aromatic carbocycles. The van der Waals surface area contributed by atoms with Crippen LogP contribution in [-0.4, -0.2) is 25.0 Å². The van der Waals surface area contributed by atoms with Gasteiger partial charge in [-0.15, -0.1) is 0 Å². The molecule has 0 spiro atoms. The second-order valence-electron chi connectivity index (χ2n) is 4.65. The van der Waals surface area contributed by atoms with Gasteiger partial charge in [0.2, 0.25) is 5.91 Å². The highest BCUT2D eigenvalue weighted by Crippen LogP contribution is 2.28. The number of para-hydroxylation sites is 1. The van der Waals surface area contributed by atoms with E-state index in [1.54, 1.807) is 11.0 Å². The minimum absolute atomic E-state index is 0.0789. The number of aryl methyl sites for hydroxylation is 1. The van der Waals surface area contributed by atoms with Crippen molar-refractivity contribution in [1.29, 1.82) is 5.26 Å². The Bertz CT molecular complexity index is 562. The van der Waals surface area contributed by atoms with Crippen molar-refractivity contribution in [2.45, 2.75) is 19.8 Å². The molecule has 1 aliphatic heterocycles. The van der Waals surface area contributed by atoms with Crippen molar-refractivity contribution in [3.63, 3.8) is 0 Å². The van der Waals surface area contributed by atoms with Crippen molar-refractivity contribution in [3.8, 4) is 6.07 Å². The van der Waals surface area contributed by atoms with Gasteiger partial charge in [-0.2, -0.15) is 5.26 Å². The highest BCUT2D eigenvalue weighted by atomic mass is 16.5. The monoisotopic (exact) mass is 272 g/mol. The van der Waals surface area contributed by atoms with Crippen LogP contribution in [0.1, 0.15) is 18.9 Å². The number of ether oxygens (including phenoxy) is 1. The quantitative estimate of drug-likeness (QED) is 0.782. The minimum Gasteiger partial charge on any atom is -0.450 e. The lowest BCUT2D eigenvalue weighted by Crippen LogP contribution is -2.27. The van der Waals surface area contributed by atoms with Crippen molar-refractivity contribution in [1.82, 2.24) is 0 Å². The molecule has 1 fully saturated rings. The second-order valence-corrected chi connectivity index (χ2v) is 4.65. The van der Waals surface area contributed by atoms with Crippen LogP contribution in [0.25, 0.3) is 0 Å². The number of rotatable bonds is 4. The summed E-state index contributed by atoms with van der Waals surface area (Å²) < 4.78 is 4.79. The minimum atomic E-state index is -0.485. The number of esters is 1. The molecule has 1 aliphatic rings. The zero-order chi connectivity index (χ0) is 14.5. The van der Waals surface area contributed by atoms with E-state index in [1.165, 1.54) is 0 Å². The summed E-state index contributed by atoms with van der Waals surface area (Å²) in [7, 11) is 0. The summed E-state index contributed by atoms with van der Waals surface area (Å²) in [5, 5.41) is 8.40. The summed E-state index contributed by atoms with van der Waals surface area (Å²) in [5.41, 5.74) is 1.93. The van der Waals surface area contributed by atoms with Gasteiger partial charge in [0.1, 0.15) is 6.07 Å². The number of carbonyl (C=O) groups is 2. The smallest absolute Gasteiger partial charge is 0.312 e. The number of nitrogens with zero attached hydrogens (tertiary/aromatic N) is 2. The van der Waals surface area contributed by atoms with E-state index in [9.17, 15) is 9.59 Å². The van der Waals surface area contributed by atoms with Crippen molar-refractivity contribution in [2.75, 3.05) is 18.1 Å². The first-order valence-corrected chi connectivity index (χ1v) is 6.59. The Kier molecular flexibility index (Phi) is 4.36. The van der Waals surface area contributed by atoms with E-state index < -0.39 is 11.9 Å². The number of benzene rings is 1. The van der Waals surface area contributed by atoms with Crippen molar-refractivity contribution in [3.05, 3.63) is 29.8 Å². The average Bonchev–Trinajstić information content (AvgIpc) is 2.86. The van der Waals surface area contributed by atoms with Crippen LogP contribution in [0.15, 0.2) is 24.3 Å². The fourth-order valence-electron chi connectivity index (χ4n) is 2.39. The van der Waals surface area contributed by atoms with Crippen molar-refractivity contribution >= 4 is 17.6 Å². The summed E-state index contributed by atoms with van der Waals surface area (Å²) in [6.07, 6.45) is 0.964. The maximum Gasteiger partial charge on any atom is 0.312 e. The molecular formula is C15H16N2O3. The number of hydrogen-bond donors (Lipinski definition) is 0. The molecule has 2 rings (SSSR count). The number of amides is 1. The van der Waals surface area contributed by atoms with Gasteiger partial charge in [0.25, 0.3) is 0 Å². The van der Waals surface area contributed by atoms with Crippen LogP contribution in [0.5, 0.6) is 0 Å². The van der Waals surface area contributed by atoms with Gasteiger partial charge >= 0.3 is 5.97 Å². The molecule has 1 saturated heterocycles. The number of nitriles is 1. The Morgan fingerprint density at radius 1 is 1.50 bits per heavy atom. The van der Waals surface area contributed by atoms with Crippen molar-refractivity contribution in [2.24, 2.45) is 5.92 Å². The van der Waals surface area contributed by atoms with Crippen molar-refractivity contribution < 1.29 is 14.3 Å². The molecule has 0 aromatic heterocycles. The molecule has 1 amide bonds. The van der Waals surface area contributed by atoms with Gasteiger partial charge in [-0.05, 0) is 18.1 Å². The molecule has 0 N–H and O–H groups in total. The van der Waals surface area contributed by atoms with Crippen LogP contribution < -0.4 is 4.90 Å². The number of hydrogen-bond acceptors (Lipinski definition) is 4. The maximum atomic E-state index is 12.1.